The average Bonchev–Trinajstić information content (AvgIpc) is 2.82. The van der Waals surface area contributed by atoms with Gasteiger partial charge >= 0.3 is 11.8 Å². The summed E-state index contributed by atoms with van der Waals surface area (Å²) in [6.07, 6.45) is -3.49. The van der Waals surface area contributed by atoms with Crippen LogP contribution in [0.2, 0.25) is 10.0 Å². The van der Waals surface area contributed by atoms with Crippen molar-refractivity contribution in [1.82, 2.24) is 15.0 Å². The summed E-state index contributed by atoms with van der Waals surface area (Å²) in [4.78, 5) is 25.7. The van der Waals surface area contributed by atoms with Crippen LogP contribution in [-0.2, 0) is 6.54 Å². The van der Waals surface area contributed by atoms with Crippen LogP contribution in [0.15, 0.2) is 67.2 Å². The first-order chi connectivity index (χ1) is 17.0. The van der Waals surface area contributed by atoms with Crippen LogP contribution in [0.4, 0.5) is 13.2 Å². The molecule has 0 aliphatic rings. The number of alkyl halides is 3. The quantitative estimate of drug-likeness (QED) is 0.150. The number of nitrogens with zero attached hydrogens (tertiary/aromatic N) is 6. The molecule has 0 spiro atoms. The standard InChI is InChI=1S/C22H14Cl2F3N7O2/c1-10-6-11(23)7-13-17(10)32-19(36-20(13)35)14-8-29-16(9-30-34-33-21(28)22(25,26)27)31-18(14)12-4-2-3-5-15(12)24/h2-8H,9H2,1H3,(H2,28,30,33). The number of rotatable bonds is 5. The molecule has 0 bridgehead atoms. The fourth-order valence-corrected chi connectivity index (χ4v) is 3.66. The van der Waals surface area contributed by atoms with Gasteiger partial charge in [0.15, 0.2) is 5.82 Å². The SMILES string of the molecule is Cc1cc(Cl)cc2c(=O)oc(-c3cnc(CN=NN=C(N)C(F)(F)F)nc3-c3ccccc3Cl)nc12. The van der Waals surface area contributed by atoms with Gasteiger partial charge in [-0.25, -0.2) is 19.7 Å². The van der Waals surface area contributed by atoms with Gasteiger partial charge in [0.25, 0.3) is 0 Å². The van der Waals surface area contributed by atoms with Gasteiger partial charge in [0.2, 0.25) is 11.7 Å². The van der Waals surface area contributed by atoms with Gasteiger partial charge < -0.3 is 10.2 Å². The first-order valence-corrected chi connectivity index (χ1v) is 10.8. The maximum absolute atomic E-state index is 12.7. The maximum Gasteiger partial charge on any atom is 0.450 e. The number of fused-ring (bicyclic) bond motifs is 1. The van der Waals surface area contributed by atoms with Crippen molar-refractivity contribution in [2.24, 2.45) is 21.2 Å². The van der Waals surface area contributed by atoms with Crippen molar-refractivity contribution in [3.05, 3.63) is 74.4 Å². The Balaban J connectivity index is 1.82. The van der Waals surface area contributed by atoms with Gasteiger partial charge in [-0.2, -0.15) is 18.3 Å². The van der Waals surface area contributed by atoms with E-state index in [1.54, 1.807) is 37.3 Å². The molecule has 2 N–H and O–H groups in total. The van der Waals surface area contributed by atoms with Crippen LogP contribution in [-0.4, -0.2) is 27.0 Å². The van der Waals surface area contributed by atoms with E-state index in [2.05, 4.69) is 30.4 Å². The molecule has 2 aromatic carbocycles. The van der Waals surface area contributed by atoms with E-state index in [-0.39, 0.29) is 34.9 Å². The Morgan fingerprint density at radius 2 is 1.89 bits per heavy atom. The lowest BCUT2D eigenvalue weighted by Gasteiger charge is -2.11. The lowest BCUT2D eigenvalue weighted by atomic mass is 10.1. The molecule has 4 aromatic rings. The second kappa shape index (κ2) is 9.99. The van der Waals surface area contributed by atoms with Crippen molar-refractivity contribution >= 4 is 39.9 Å². The molecule has 0 aliphatic heterocycles. The van der Waals surface area contributed by atoms with Crippen molar-refractivity contribution in [1.29, 1.82) is 0 Å². The van der Waals surface area contributed by atoms with E-state index in [4.69, 9.17) is 33.4 Å². The van der Waals surface area contributed by atoms with Crippen LogP contribution in [0.5, 0.6) is 0 Å². The summed E-state index contributed by atoms with van der Waals surface area (Å²) >= 11 is 12.4. The molecule has 36 heavy (non-hydrogen) atoms. The van der Waals surface area contributed by atoms with Crippen molar-refractivity contribution in [3.8, 4) is 22.7 Å². The number of aromatic nitrogens is 3. The first kappa shape index (κ1) is 25.2. The average molecular weight is 536 g/mol. The molecular formula is C22H14Cl2F3N7O2. The van der Waals surface area contributed by atoms with E-state index in [1.165, 1.54) is 12.3 Å². The Labute approximate surface area is 210 Å². The molecule has 0 atom stereocenters. The maximum atomic E-state index is 12.7. The number of aryl methyl sites for hydroxylation is 1. The molecule has 0 fully saturated rings. The minimum absolute atomic E-state index is 0.0661. The predicted molar refractivity (Wildman–Crippen MR) is 128 cm³/mol. The molecule has 14 heteroatoms. The zero-order valence-electron chi connectivity index (χ0n) is 18.2. The molecule has 0 radical (unpaired) electrons. The molecule has 0 amide bonds. The Morgan fingerprint density at radius 1 is 1.14 bits per heavy atom. The van der Waals surface area contributed by atoms with Crippen molar-refractivity contribution < 1.29 is 17.6 Å². The van der Waals surface area contributed by atoms with Gasteiger partial charge in [0.05, 0.1) is 22.2 Å². The lowest BCUT2D eigenvalue weighted by molar-refractivity contribution is -0.0600. The second-order valence-electron chi connectivity index (χ2n) is 7.33. The van der Waals surface area contributed by atoms with Crippen LogP contribution in [0.25, 0.3) is 33.6 Å². The largest absolute Gasteiger partial charge is 0.450 e. The van der Waals surface area contributed by atoms with Crippen LogP contribution < -0.4 is 11.4 Å². The zero-order chi connectivity index (χ0) is 26.0. The second-order valence-corrected chi connectivity index (χ2v) is 8.17. The predicted octanol–water partition coefficient (Wildman–Crippen LogP) is 5.71. The molecule has 4 rings (SSSR count). The van der Waals surface area contributed by atoms with E-state index in [0.717, 1.165) is 0 Å². The normalized spacial score (nSPS) is 12.6. The highest BCUT2D eigenvalue weighted by molar-refractivity contribution is 6.33. The number of benzene rings is 2. The third-order valence-corrected chi connectivity index (χ3v) is 5.35. The monoisotopic (exact) mass is 535 g/mol. The zero-order valence-corrected chi connectivity index (χ0v) is 19.7. The highest BCUT2D eigenvalue weighted by Crippen LogP contribution is 2.34. The lowest BCUT2D eigenvalue weighted by Crippen LogP contribution is -2.30. The van der Waals surface area contributed by atoms with Crippen LogP contribution >= 0.6 is 23.2 Å². The third kappa shape index (κ3) is 5.34. The van der Waals surface area contributed by atoms with Gasteiger partial charge in [0.1, 0.15) is 6.54 Å². The number of halogens is 5. The molecule has 184 valence electrons. The summed E-state index contributed by atoms with van der Waals surface area (Å²) in [5, 5.41) is 10.3. The summed E-state index contributed by atoms with van der Waals surface area (Å²) in [7, 11) is 0. The molecule has 2 heterocycles. The van der Waals surface area contributed by atoms with Crippen LogP contribution in [0, 0.1) is 6.92 Å². The topological polar surface area (TPSA) is 132 Å². The molecule has 0 aliphatic carbocycles. The summed E-state index contributed by atoms with van der Waals surface area (Å²) < 4.78 is 42.7. The van der Waals surface area contributed by atoms with Gasteiger partial charge in [-0.15, -0.1) is 5.10 Å². The van der Waals surface area contributed by atoms with Gasteiger partial charge in [-0.3, -0.25) is 0 Å². The van der Waals surface area contributed by atoms with Crippen LogP contribution in [0.3, 0.4) is 0 Å². The Kier molecular flexibility index (Phi) is 7.00. The van der Waals surface area contributed by atoms with Crippen molar-refractivity contribution in [2.45, 2.75) is 19.6 Å². The van der Waals surface area contributed by atoms with Gasteiger partial charge in [0, 0.05) is 21.8 Å². The molecule has 0 unspecified atom stereocenters. The minimum atomic E-state index is -4.82. The highest BCUT2D eigenvalue weighted by atomic mass is 35.5. The van der Waals surface area contributed by atoms with E-state index >= 15 is 0 Å². The smallest absolute Gasteiger partial charge is 0.403 e. The van der Waals surface area contributed by atoms with Crippen molar-refractivity contribution in [2.75, 3.05) is 0 Å². The van der Waals surface area contributed by atoms with E-state index in [0.29, 0.717) is 26.7 Å². The van der Waals surface area contributed by atoms with Gasteiger partial charge in [-0.05, 0) is 35.9 Å². The third-order valence-electron chi connectivity index (χ3n) is 4.80. The number of amidine groups is 1. The van der Waals surface area contributed by atoms with Crippen molar-refractivity contribution in [3.63, 3.8) is 0 Å². The molecule has 9 nitrogen and oxygen atoms in total. The Bertz CT molecular complexity index is 1590. The number of hydrogen-bond donors (Lipinski definition) is 1. The number of hydrogen-bond acceptors (Lipinski definition) is 7. The minimum Gasteiger partial charge on any atom is -0.403 e. The summed E-state index contributed by atoms with van der Waals surface area (Å²) in [6, 6.07) is 9.86. The Morgan fingerprint density at radius 3 is 2.61 bits per heavy atom. The van der Waals surface area contributed by atoms with Gasteiger partial charge in [-0.1, -0.05) is 41.4 Å². The highest BCUT2D eigenvalue weighted by Gasteiger charge is 2.33. The molecular weight excluding hydrogens is 522 g/mol. The van der Waals surface area contributed by atoms with E-state index < -0.39 is 17.6 Å². The first-order valence-electron chi connectivity index (χ1n) is 10.0. The molecule has 0 saturated heterocycles. The Hall–Kier alpha value is -3.90. The molecule has 2 aromatic heterocycles. The fourth-order valence-electron chi connectivity index (χ4n) is 3.16. The number of nitrogens with two attached hydrogens (primary N) is 1. The summed E-state index contributed by atoms with van der Waals surface area (Å²) in [5.41, 5.74) is 6.11. The summed E-state index contributed by atoms with van der Waals surface area (Å²) in [5.74, 6) is -1.64. The molecule has 0 saturated carbocycles. The fraction of sp³-hybridized carbons (Fsp3) is 0.136. The van der Waals surface area contributed by atoms with Crippen LogP contribution in [0.1, 0.15) is 11.4 Å². The van der Waals surface area contributed by atoms with E-state index in [9.17, 15) is 18.0 Å². The van der Waals surface area contributed by atoms with E-state index in [1.807, 2.05) is 0 Å². The summed E-state index contributed by atoms with van der Waals surface area (Å²) in [6.45, 7) is 1.43.